The average molecular weight is 583 g/mol. The fourth-order valence-electron chi connectivity index (χ4n) is 5.02. The lowest BCUT2D eigenvalue weighted by atomic mass is 9.89. The van der Waals surface area contributed by atoms with Crippen LogP contribution >= 0.6 is 0 Å². The Morgan fingerprint density at radius 2 is 1.33 bits per heavy atom. The molecule has 4 aromatic rings. The van der Waals surface area contributed by atoms with Crippen molar-refractivity contribution in [1.29, 1.82) is 0 Å². The summed E-state index contributed by atoms with van der Waals surface area (Å²) in [5.41, 5.74) is 6.60. The molecule has 14 heteroatoms. The SMILES string of the molecule is CCOC1CC(n2cc(N)c(-c3ncccc3F)n2)C1.CCOC1CC(n2cc([N+](=O)[O-])c(-c3ncccc3F)n2)C1. The zero-order valence-electron chi connectivity index (χ0n) is 23.3. The van der Waals surface area contributed by atoms with Crippen LogP contribution in [0.25, 0.3) is 22.8 Å². The third-order valence-corrected chi connectivity index (χ3v) is 7.33. The first-order valence-corrected chi connectivity index (χ1v) is 13.8. The molecule has 4 aromatic heterocycles. The van der Waals surface area contributed by atoms with Gasteiger partial charge < -0.3 is 15.2 Å². The number of rotatable bonds is 9. The number of halogens is 2. The van der Waals surface area contributed by atoms with E-state index in [0.717, 1.165) is 32.3 Å². The first-order chi connectivity index (χ1) is 20.3. The lowest BCUT2D eigenvalue weighted by molar-refractivity contribution is -0.384. The Hall–Kier alpha value is -4.30. The molecule has 2 N–H and O–H groups in total. The zero-order chi connectivity index (χ0) is 29.8. The standard InChI is InChI=1S/C14H15FN4O3.C14H17FN4O/c1-2-22-10-6-9(7-10)18-8-12(19(20)21)14(17-18)13-11(15)4-3-5-16-13;1-2-20-10-6-9(7-10)19-8-12(16)14(18-19)13-11(15)4-3-5-17-13/h3-5,8-10H,2,6-7H2,1H3;3-5,8-10H,2,6-7,16H2,1H3. The first-order valence-electron chi connectivity index (χ1n) is 13.8. The number of pyridine rings is 2. The van der Waals surface area contributed by atoms with Crippen LogP contribution in [0, 0.1) is 21.7 Å². The van der Waals surface area contributed by atoms with E-state index in [1.54, 1.807) is 16.9 Å². The molecule has 12 nitrogen and oxygen atoms in total. The van der Waals surface area contributed by atoms with Crippen molar-refractivity contribution in [2.75, 3.05) is 18.9 Å². The number of ether oxygens (including phenoxy) is 2. The van der Waals surface area contributed by atoms with Crippen LogP contribution < -0.4 is 5.73 Å². The van der Waals surface area contributed by atoms with Gasteiger partial charge in [-0.15, -0.1) is 0 Å². The van der Waals surface area contributed by atoms with E-state index in [0.29, 0.717) is 24.1 Å². The predicted octanol–water partition coefficient (Wildman–Crippen LogP) is 5.14. The van der Waals surface area contributed by atoms with Crippen molar-refractivity contribution in [2.45, 2.75) is 63.8 Å². The Kier molecular flexibility index (Phi) is 8.83. The molecule has 0 aliphatic heterocycles. The molecule has 42 heavy (non-hydrogen) atoms. The normalized spacial score (nSPS) is 21.1. The lowest BCUT2D eigenvalue weighted by Crippen LogP contribution is -2.33. The first kappa shape index (κ1) is 29.2. The van der Waals surface area contributed by atoms with E-state index in [1.165, 1.54) is 41.5 Å². The quantitative estimate of drug-likeness (QED) is 0.209. The van der Waals surface area contributed by atoms with E-state index in [-0.39, 0.29) is 41.0 Å². The molecule has 2 aliphatic rings. The smallest absolute Gasteiger partial charge is 0.316 e. The topological polar surface area (TPSA) is 149 Å². The van der Waals surface area contributed by atoms with Gasteiger partial charge in [-0.05, 0) is 63.8 Å². The van der Waals surface area contributed by atoms with Gasteiger partial charge in [-0.3, -0.25) is 29.4 Å². The largest absolute Gasteiger partial charge is 0.396 e. The zero-order valence-corrected chi connectivity index (χ0v) is 23.3. The van der Waals surface area contributed by atoms with Crippen molar-refractivity contribution in [1.82, 2.24) is 29.5 Å². The highest BCUT2D eigenvalue weighted by Gasteiger charge is 2.35. The van der Waals surface area contributed by atoms with Crippen molar-refractivity contribution < 1.29 is 23.2 Å². The highest BCUT2D eigenvalue weighted by atomic mass is 19.1. The summed E-state index contributed by atoms with van der Waals surface area (Å²) in [6, 6.07) is 5.85. The molecule has 0 atom stereocenters. The maximum Gasteiger partial charge on any atom is 0.316 e. The maximum absolute atomic E-state index is 13.8. The minimum Gasteiger partial charge on any atom is -0.396 e. The summed E-state index contributed by atoms with van der Waals surface area (Å²) in [7, 11) is 0. The van der Waals surface area contributed by atoms with E-state index >= 15 is 0 Å². The number of aromatic nitrogens is 6. The molecular weight excluding hydrogens is 550 g/mol. The second kappa shape index (κ2) is 12.7. The van der Waals surface area contributed by atoms with Crippen molar-refractivity contribution in [3.63, 3.8) is 0 Å². The molecule has 2 fully saturated rings. The lowest BCUT2D eigenvalue weighted by Gasteiger charge is -2.34. The van der Waals surface area contributed by atoms with Crippen molar-refractivity contribution >= 4 is 11.4 Å². The molecule has 0 bridgehead atoms. The number of hydrogen-bond donors (Lipinski definition) is 1. The summed E-state index contributed by atoms with van der Waals surface area (Å²) in [6.45, 7) is 5.28. The van der Waals surface area contributed by atoms with Gasteiger partial charge in [0.05, 0.1) is 34.9 Å². The van der Waals surface area contributed by atoms with Gasteiger partial charge in [-0.2, -0.15) is 10.2 Å². The van der Waals surface area contributed by atoms with Crippen molar-refractivity contribution in [2.24, 2.45) is 0 Å². The van der Waals surface area contributed by atoms with E-state index in [9.17, 15) is 18.9 Å². The number of anilines is 1. The summed E-state index contributed by atoms with van der Waals surface area (Å²) in [6.07, 6.45) is 9.79. The third-order valence-electron chi connectivity index (χ3n) is 7.33. The Morgan fingerprint density at radius 3 is 1.81 bits per heavy atom. The molecule has 2 aliphatic carbocycles. The van der Waals surface area contributed by atoms with Crippen LogP contribution in [0.2, 0.25) is 0 Å². The summed E-state index contributed by atoms with van der Waals surface area (Å²) in [4.78, 5) is 18.5. The number of hydrogen-bond acceptors (Lipinski definition) is 9. The van der Waals surface area contributed by atoms with E-state index in [1.807, 2.05) is 13.8 Å². The Balaban J connectivity index is 0.000000169. The molecule has 0 spiro atoms. The molecule has 4 heterocycles. The van der Waals surface area contributed by atoms with Gasteiger partial charge in [0, 0.05) is 31.8 Å². The highest BCUT2D eigenvalue weighted by molar-refractivity contribution is 5.69. The molecule has 222 valence electrons. The molecule has 0 saturated heterocycles. The summed E-state index contributed by atoms with van der Waals surface area (Å²) in [5, 5.41) is 19.8. The number of nitrogens with two attached hydrogens (primary N) is 1. The molecular formula is C28H32F2N8O4. The molecule has 0 amide bonds. The van der Waals surface area contributed by atoms with E-state index in [2.05, 4.69) is 20.2 Å². The number of nitrogens with zero attached hydrogens (tertiary/aromatic N) is 7. The van der Waals surface area contributed by atoms with Gasteiger partial charge in [-0.25, -0.2) is 8.78 Å². The van der Waals surface area contributed by atoms with Crippen LogP contribution in [0.3, 0.4) is 0 Å². The summed E-state index contributed by atoms with van der Waals surface area (Å²) in [5.74, 6) is -1.04. The van der Waals surface area contributed by atoms with Crippen LogP contribution in [0.4, 0.5) is 20.2 Å². The Labute approximate surface area is 240 Å². The van der Waals surface area contributed by atoms with Gasteiger partial charge >= 0.3 is 5.69 Å². The second-order valence-electron chi connectivity index (χ2n) is 10.1. The molecule has 0 aromatic carbocycles. The fraction of sp³-hybridized carbons (Fsp3) is 0.429. The van der Waals surface area contributed by atoms with Gasteiger partial charge in [0.25, 0.3) is 0 Å². The van der Waals surface area contributed by atoms with Gasteiger partial charge in [-0.1, -0.05) is 0 Å². The fourth-order valence-corrected chi connectivity index (χ4v) is 5.02. The van der Waals surface area contributed by atoms with Crippen LogP contribution in [0.15, 0.2) is 49.1 Å². The molecule has 0 unspecified atom stereocenters. The van der Waals surface area contributed by atoms with E-state index < -0.39 is 16.6 Å². The second-order valence-corrected chi connectivity index (χ2v) is 10.1. The minimum absolute atomic E-state index is 0.0378. The van der Waals surface area contributed by atoms with Crippen molar-refractivity contribution in [3.8, 4) is 22.8 Å². The minimum atomic E-state index is -0.628. The monoisotopic (exact) mass is 582 g/mol. The van der Waals surface area contributed by atoms with Crippen molar-refractivity contribution in [3.05, 3.63) is 70.8 Å². The molecule has 0 radical (unpaired) electrons. The highest BCUT2D eigenvalue weighted by Crippen LogP contribution is 2.38. The van der Waals surface area contributed by atoms with Crippen LogP contribution in [-0.4, -0.2) is 59.9 Å². The number of nitro groups is 1. The maximum atomic E-state index is 13.8. The van der Waals surface area contributed by atoms with Gasteiger partial charge in [0.2, 0.25) is 0 Å². The van der Waals surface area contributed by atoms with Crippen LogP contribution in [-0.2, 0) is 9.47 Å². The molecule has 6 rings (SSSR count). The Morgan fingerprint density at radius 1 is 0.857 bits per heavy atom. The van der Waals surface area contributed by atoms with Crippen LogP contribution in [0.5, 0.6) is 0 Å². The summed E-state index contributed by atoms with van der Waals surface area (Å²) >= 11 is 0. The average Bonchev–Trinajstić information content (AvgIpc) is 3.53. The third kappa shape index (κ3) is 6.14. The predicted molar refractivity (Wildman–Crippen MR) is 149 cm³/mol. The Bertz CT molecular complexity index is 1530. The van der Waals surface area contributed by atoms with Crippen LogP contribution in [0.1, 0.15) is 51.6 Å². The van der Waals surface area contributed by atoms with E-state index in [4.69, 9.17) is 15.2 Å². The van der Waals surface area contributed by atoms with Gasteiger partial charge in [0.1, 0.15) is 23.3 Å². The van der Waals surface area contributed by atoms with Gasteiger partial charge in [0.15, 0.2) is 17.3 Å². The number of nitrogen functional groups attached to an aromatic ring is 1. The summed E-state index contributed by atoms with van der Waals surface area (Å²) < 4.78 is 41.9. The molecule has 2 saturated carbocycles.